The van der Waals surface area contributed by atoms with Crippen molar-refractivity contribution >= 4 is 24.2 Å². The van der Waals surface area contributed by atoms with Gasteiger partial charge in [0.25, 0.3) is 0 Å². The van der Waals surface area contributed by atoms with Crippen molar-refractivity contribution in [3.63, 3.8) is 0 Å². The van der Waals surface area contributed by atoms with Crippen molar-refractivity contribution in [3.8, 4) is 0 Å². The van der Waals surface area contributed by atoms with Crippen LogP contribution in [-0.2, 0) is 61.7 Å². The molecule has 0 amide bonds. The first-order valence-corrected chi connectivity index (χ1v) is 20.7. The second kappa shape index (κ2) is 17.7. The zero-order valence-electron chi connectivity index (χ0n) is 36.6. The molecular weight excluding hydrogens is 762 g/mol. The first-order valence-electron chi connectivity index (χ1n) is 20.7. The third kappa shape index (κ3) is 9.10. The van der Waals surface area contributed by atoms with Gasteiger partial charge in [0.1, 0.15) is 30.0 Å². The maximum Gasteiger partial charge on any atom is 0.509 e. The molecule has 5 aliphatic rings. The Morgan fingerprint density at radius 3 is 2.14 bits per heavy atom. The molecule has 5 saturated heterocycles. The van der Waals surface area contributed by atoms with Crippen LogP contribution >= 0.6 is 0 Å². The Kier molecular flexibility index (Phi) is 14.1. The summed E-state index contributed by atoms with van der Waals surface area (Å²) in [6, 6.07) is -0.309. The zero-order chi connectivity index (χ0) is 43.2. The molecule has 58 heavy (non-hydrogen) atoms. The van der Waals surface area contributed by atoms with Gasteiger partial charge < -0.3 is 62.1 Å². The second-order valence-corrected chi connectivity index (χ2v) is 18.1. The number of aliphatic hydroxyl groups is 1. The highest BCUT2D eigenvalue weighted by atomic mass is 16.8. The van der Waals surface area contributed by atoms with Crippen molar-refractivity contribution in [2.45, 2.75) is 192 Å². The molecule has 1 N–H and O–H groups in total. The summed E-state index contributed by atoms with van der Waals surface area (Å²) in [5.74, 6) is -4.14. The molecule has 19 atom stereocenters. The maximum atomic E-state index is 14.6. The van der Waals surface area contributed by atoms with Crippen molar-refractivity contribution in [2.24, 2.45) is 23.7 Å². The van der Waals surface area contributed by atoms with Gasteiger partial charge in [0, 0.05) is 32.3 Å². The topological polar surface area (TPSA) is 193 Å². The first kappa shape index (κ1) is 46.3. The molecule has 2 bridgehead atoms. The van der Waals surface area contributed by atoms with Crippen LogP contribution in [0.25, 0.3) is 0 Å². The molecule has 0 aromatic heterocycles. The third-order valence-electron chi connectivity index (χ3n) is 13.3. The van der Waals surface area contributed by atoms with Crippen molar-refractivity contribution < 1.29 is 76.4 Å². The van der Waals surface area contributed by atoms with Gasteiger partial charge in [0.05, 0.1) is 35.9 Å². The number of carbonyl (C=O) groups excluding carboxylic acids is 4. The molecule has 5 fully saturated rings. The molecule has 5 aliphatic heterocycles. The number of hydrogen-bond acceptors (Lipinski definition) is 17. The number of aliphatic hydroxyl groups excluding tert-OH is 1. The SMILES string of the molecule is CC[C@H]1OC(=O)[C@H](C)[C@@H](O[C@H]2C[C@@](C)(OC)[C@@H](O)[C@H](C)O2)[C@H](C)[C@@H](O[C@@H]2O[C@H](C)C[C@H](N(C)C)[C@H]2OC(C)=O)C2(C)C[C@@H](C)[C@H](OC(=O)O2)[C@H](C)[C@H]2OC(=O)O[C@@]21C. The van der Waals surface area contributed by atoms with E-state index in [2.05, 4.69) is 0 Å². The molecule has 0 aliphatic carbocycles. The average Bonchev–Trinajstić information content (AvgIpc) is 3.39. The predicted octanol–water partition coefficient (Wildman–Crippen LogP) is 4.51. The molecule has 0 spiro atoms. The number of likely N-dealkylation sites (N-methyl/N-ethyl adjacent to an activating group) is 1. The zero-order valence-corrected chi connectivity index (χ0v) is 36.6. The van der Waals surface area contributed by atoms with Crippen molar-refractivity contribution in [1.82, 2.24) is 4.90 Å². The Bertz CT molecular complexity index is 1500. The Morgan fingerprint density at radius 2 is 1.53 bits per heavy atom. The van der Waals surface area contributed by atoms with E-state index in [-0.39, 0.29) is 31.4 Å². The van der Waals surface area contributed by atoms with Gasteiger partial charge in [-0.05, 0) is 80.8 Å². The summed E-state index contributed by atoms with van der Waals surface area (Å²) in [5, 5.41) is 11.0. The van der Waals surface area contributed by atoms with Gasteiger partial charge in [-0.2, -0.15) is 0 Å². The van der Waals surface area contributed by atoms with Gasteiger partial charge in [-0.25, -0.2) is 9.59 Å². The lowest BCUT2D eigenvalue weighted by atomic mass is 9.73. The summed E-state index contributed by atoms with van der Waals surface area (Å²) in [6.07, 6.45) is -11.0. The van der Waals surface area contributed by atoms with Crippen molar-refractivity contribution in [1.29, 1.82) is 0 Å². The Labute approximate surface area is 342 Å². The van der Waals surface area contributed by atoms with Crippen LogP contribution in [0.5, 0.6) is 0 Å². The van der Waals surface area contributed by atoms with E-state index in [9.17, 15) is 24.3 Å². The first-order chi connectivity index (χ1) is 27.0. The molecule has 0 saturated carbocycles. The number of nitrogens with zero attached hydrogens (tertiary/aromatic N) is 1. The van der Waals surface area contributed by atoms with Crippen LogP contribution in [0.15, 0.2) is 0 Å². The standard InChI is InChI=1S/C41H67NO16/c1-15-27-41(11)34(56-38(47)58-41)21(4)29-19(2)17-40(10,57-37(46)54-29)33(55-36-31(51-25(8)43)26(42(12)13)16-20(3)49-36)22(5)30(23(6)35(45)52-27)53-28-18-39(9,48-14)32(44)24(7)50-28/h19-24,26-34,36,44H,15-18H2,1-14H3/t19-,20-,21+,22+,23-,24+,26+,27-,28+,29+,30+,31-,32+,33-,34-,36+,39-,40?,41-/m1/s1. The van der Waals surface area contributed by atoms with Crippen LogP contribution in [-0.4, -0.2) is 146 Å². The molecule has 17 nitrogen and oxygen atoms in total. The summed E-state index contributed by atoms with van der Waals surface area (Å²) in [7, 11) is 5.25. The average molecular weight is 830 g/mol. The van der Waals surface area contributed by atoms with E-state index in [0.717, 1.165) is 0 Å². The Hall–Kier alpha value is -2.80. The molecule has 5 rings (SSSR count). The minimum Gasteiger partial charge on any atom is -0.458 e. The fourth-order valence-corrected chi connectivity index (χ4v) is 10.1. The Balaban J connectivity index is 1.68. The van der Waals surface area contributed by atoms with Crippen LogP contribution in [0.4, 0.5) is 9.59 Å². The summed E-state index contributed by atoms with van der Waals surface area (Å²) in [4.78, 5) is 55.9. The summed E-state index contributed by atoms with van der Waals surface area (Å²) < 4.78 is 68.4. The van der Waals surface area contributed by atoms with Crippen LogP contribution in [0.1, 0.15) is 102 Å². The number of fused-ring (bicyclic) bond motifs is 4. The van der Waals surface area contributed by atoms with E-state index in [1.54, 1.807) is 48.5 Å². The van der Waals surface area contributed by atoms with Gasteiger partial charge in [-0.15, -0.1) is 0 Å². The van der Waals surface area contributed by atoms with Crippen molar-refractivity contribution in [2.75, 3.05) is 21.2 Å². The molecule has 332 valence electrons. The predicted molar refractivity (Wildman–Crippen MR) is 203 cm³/mol. The molecule has 17 heteroatoms. The minimum atomic E-state index is -1.49. The monoisotopic (exact) mass is 829 g/mol. The Morgan fingerprint density at radius 1 is 0.879 bits per heavy atom. The summed E-state index contributed by atoms with van der Waals surface area (Å²) >= 11 is 0. The lowest BCUT2D eigenvalue weighted by molar-refractivity contribution is -0.318. The summed E-state index contributed by atoms with van der Waals surface area (Å²) in [6.45, 7) is 19.0. The van der Waals surface area contributed by atoms with Crippen LogP contribution in [0, 0.1) is 23.7 Å². The number of rotatable bonds is 8. The second-order valence-electron chi connectivity index (χ2n) is 18.1. The van der Waals surface area contributed by atoms with Crippen LogP contribution in [0.3, 0.4) is 0 Å². The van der Waals surface area contributed by atoms with E-state index in [0.29, 0.717) is 6.42 Å². The van der Waals surface area contributed by atoms with Gasteiger partial charge in [-0.1, -0.05) is 27.7 Å². The highest BCUT2D eigenvalue weighted by Gasteiger charge is 2.61. The van der Waals surface area contributed by atoms with E-state index >= 15 is 0 Å². The number of hydrogen-bond donors (Lipinski definition) is 1. The molecular formula is C41H67NO16. The van der Waals surface area contributed by atoms with Crippen molar-refractivity contribution in [3.05, 3.63) is 0 Å². The van der Waals surface area contributed by atoms with E-state index in [1.807, 2.05) is 39.8 Å². The van der Waals surface area contributed by atoms with E-state index in [4.69, 9.17) is 52.1 Å². The van der Waals surface area contributed by atoms with Crippen LogP contribution in [0.2, 0.25) is 0 Å². The highest BCUT2D eigenvalue weighted by molar-refractivity contribution is 5.73. The molecule has 0 radical (unpaired) electrons. The van der Waals surface area contributed by atoms with E-state index in [1.165, 1.54) is 14.0 Å². The number of cyclic esters (lactones) is 1. The number of esters is 2. The minimum absolute atomic E-state index is 0.0924. The smallest absolute Gasteiger partial charge is 0.458 e. The lowest BCUT2D eigenvalue weighted by Gasteiger charge is -2.49. The fraction of sp³-hybridized carbons (Fsp3) is 0.902. The maximum absolute atomic E-state index is 14.6. The van der Waals surface area contributed by atoms with Gasteiger partial charge in [0.15, 0.2) is 30.4 Å². The third-order valence-corrected chi connectivity index (χ3v) is 13.3. The number of carbonyl (C=O) groups is 4. The summed E-state index contributed by atoms with van der Waals surface area (Å²) in [5.41, 5.74) is -4.01. The van der Waals surface area contributed by atoms with Gasteiger partial charge in [0.2, 0.25) is 0 Å². The van der Waals surface area contributed by atoms with Crippen LogP contribution < -0.4 is 0 Å². The molecule has 5 heterocycles. The highest BCUT2D eigenvalue weighted by Crippen LogP contribution is 2.47. The quantitative estimate of drug-likeness (QED) is 0.265. The van der Waals surface area contributed by atoms with Gasteiger partial charge >= 0.3 is 24.2 Å². The molecule has 0 aromatic rings. The van der Waals surface area contributed by atoms with E-state index < -0.39 is 126 Å². The van der Waals surface area contributed by atoms with Gasteiger partial charge in [-0.3, -0.25) is 9.59 Å². The number of methoxy groups -OCH3 is 1. The number of ether oxygens (including phenoxy) is 11. The molecule has 1 unspecified atom stereocenters. The molecule has 0 aromatic carbocycles. The normalized spacial score (nSPS) is 47.7. The fourth-order valence-electron chi connectivity index (χ4n) is 10.1. The lowest BCUT2D eigenvalue weighted by Crippen LogP contribution is -2.61. The largest absolute Gasteiger partial charge is 0.509 e.